The van der Waals surface area contributed by atoms with Crippen molar-refractivity contribution in [2.75, 3.05) is 33.7 Å². The SMILES string of the molecule is CN1CC(CN(C)C2CC(O)CCC23CCCC3)C1. The fraction of sp³-hybridized carbons (Fsp3) is 1.00. The third-order valence-electron chi connectivity index (χ3n) is 5.99. The Morgan fingerprint density at radius 1 is 1.21 bits per heavy atom. The molecule has 2 atom stereocenters. The van der Waals surface area contributed by atoms with E-state index in [9.17, 15) is 5.11 Å². The van der Waals surface area contributed by atoms with Crippen LogP contribution < -0.4 is 0 Å². The first-order valence-corrected chi connectivity index (χ1v) is 8.16. The predicted molar refractivity (Wildman–Crippen MR) is 78.2 cm³/mol. The molecule has 0 amide bonds. The predicted octanol–water partition coefficient (Wildman–Crippen LogP) is 1.95. The summed E-state index contributed by atoms with van der Waals surface area (Å²) in [6, 6.07) is 0.629. The van der Waals surface area contributed by atoms with Crippen molar-refractivity contribution in [1.82, 2.24) is 9.80 Å². The first-order chi connectivity index (χ1) is 9.09. The van der Waals surface area contributed by atoms with Crippen molar-refractivity contribution in [3.63, 3.8) is 0 Å². The van der Waals surface area contributed by atoms with Crippen molar-refractivity contribution in [2.24, 2.45) is 11.3 Å². The molecule has 0 aromatic carbocycles. The zero-order chi connectivity index (χ0) is 13.5. The van der Waals surface area contributed by atoms with E-state index in [-0.39, 0.29) is 6.10 Å². The van der Waals surface area contributed by atoms with Crippen molar-refractivity contribution >= 4 is 0 Å². The van der Waals surface area contributed by atoms with Gasteiger partial charge in [0.1, 0.15) is 0 Å². The monoisotopic (exact) mass is 266 g/mol. The van der Waals surface area contributed by atoms with Crippen molar-refractivity contribution < 1.29 is 5.11 Å². The lowest BCUT2D eigenvalue weighted by molar-refractivity contribution is -0.0310. The summed E-state index contributed by atoms with van der Waals surface area (Å²) < 4.78 is 0. The molecule has 3 aliphatic rings. The molecule has 3 rings (SSSR count). The highest BCUT2D eigenvalue weighted by Gasteiger charge is 2.46. The highest BCUT2D eigenvalue weighted by atomic mass is 16.3. The third-order valence-corrected chi connectivity index (χ3v) is 5.99. The summed E-state index contributed by atoms with van der Waals surface area (Å²) >= 11 is 0. The van der Waals surface area contributed by atoms with Crippen molar-refractivity contribution in [3.05, 3.63) is 0 Å². The minimum absolute atomic E-state index is 0.0530. The van der Waals surface area contributed by atoms with E-state index in [0.717, 1.165) is 18.8 Å². The first kappa shape index (κ1) is 13.8. The molecule has 1 saturated heterocycles. The lowest BCUT2D eigenvalue weighted by Gasteiger charge is -2.49. The molecule has 3 nitrogen and oxygen atoms in total. The van der Waals surface area contributed by atoms with E-state index >= 15 is 0 Å². The van der Waals surface area contributed by atoms with Gasteiger partial charge in [0, 0.05) is 25.7 Å². The van der Waals surface area contributed by atoms with Crippen LogP contribution in [0.2, 0.25) is 0 Å². The van der Waals surface area contributed by atoms with Gasteiger partial charge in [0.05, 0.1) is 6.10 Å². The van der Waals surface area contributed by atoms with E-state index in [0.29, 0.717) is 11.5 Å². The second-order valence-corrected chi connectivity index (χ2v) is 7.54. The van der Waals surface area contributed by atoms with Crippen LogP contribution >= 0.6 is 0 Å². The minimum atomic E-state index is -0.0530. The van der Waals surface area contributed by atoms with Crippen molar-refractivity contribution in [1.29, 1.82) is 0 Å². The average Bonchev–Trinajstić information content (AvgIpc) is 2.80. The Labute approximate surface area is 118 Å². The molecule has 110 valence electrons. The van der Waals surface area contributed by atoms with E-state index < -0.39 is 0 Å². The number of aliphatic hydroxyl groups is 1. The Bertz CT molecular complexity index is 308. The molecule has 3 fully saturated rings. The molecule has 19 heavy (non-hydrogen) atoms. The van der Waals surface area contributed by atoms with Gasteiger partial charge in [-0.15, -0.1) is 0 Å². The lowest BCUT2D eigenvalue weighted by atomic mass is 9.67. The van der Waals surface area contributed by atoms with Gasteiger partial charge in [0.2, 0.25) is 0 Å². The third kappa shape index (κ3) is 2.70. The molecule has 1 aliphatic heterocycles. The molecular weight excluding hydrogens is 236 g/mol. The summed E-state index contributed by atoms with van der Waals surface area (Å²) in [5, 5.41) is 10.1. The van der Waals surface area contributed by atoms with Crippen LogP contribution in [0.1, 0.15) is 44.9 Å². The van der Waals surface area contributed by atoms with Gasteiger partial charge in [0.15, 0.2) is 0 Å². The van der Waals surface area contributed by atoms with Crippen LogP contribution in [-0.2, 0) is 0 Å². The van der Waals surface area contributed by atoms with Gasteiger partial charge >= 0.3 is 0 Å². The molecule has 1 N–H and O–H groups in total. The maximum Gasteiger partial charge on any atom is 0.0555 e. The van der Waals surface area contributed by atoms with Crippen LogP contribution in [0.25, 0.3) is 0 Å². The van der Waals surface area contributed by atoms with Gasteiger partial charge < -0.3 is 14.9 Å². The standard InChI is InChI=1S/C16H30N2O/c1-17-10-13(11-17)12-18(2)15-9-14(19)5-8-16(15)6-3-4-7-16/h13-15,19H,3-12H2,1-2H3. The molecule has 0 aromatic heterocycles. The Hall–Kier alpha value is -0.120. The maximum atomic E-state index is 10.1. The fourth-order valence-corrected chi connectivity index (χ4v) is 5.03. The van der Waals surface area contributed by atoms with Gasteiger partial charge in [-0.1, -0.05) is 12.8 Å². The van der Waals surface area contributed by atoms with Crippen LogP contribution in [0.3, 0.4) is 0 Å². The maximum absolute atomic E-state index is 10.1. The van der Waals surface area contributed by atoms with Crippen LogP contribution in [0, 0.1) is 11.3 Å². The van der Waals surface area contributed by atoms with E-state index in [4.69, 9.17) is 0 Å². The van der Waals surface area contributed by atoms with Crippen LogP contribution in [0.4, 0.5) is 0 Å². The molecule has 3 heteroatoms. The second-order valence-electron chi connectivity index (χ2n) is 7.54. The summed E-state index contributed by atoms with van der Waals surface area (Å²) in [6.45, 7) is 3.74. The summed E-state index contributed by atoms with van der Waals surface area (Å²) in [7, 11) is 4.51. The Balaban J connectivity index is 1.64. The first-order valence-electron chi connectivity index (χ1n) is 8.16. The summed E-state index contributed by atoms with van der Waals surface area (Å²) in [4.78, 5) is 5.00. The molecule has 0 radical (unpaired) electrons. The van der Waals surface area contributed by atoms with Gasteiger partial charge in [-0.2, -0.15) is 0 Å². The Morgan fingerprint density at radius 2 is 1.89 bits per heavy atom. The molecule has 0 bridgehead atoms. The highest BCUT2D eigenvalue weighted by molar-refractivity contribution is 5.00. The highest BCUT2D eigenvalue weighted by Crippen LogP contribution is 2.50. The molecule has 1 heterocycles. The molecule has 2 saturated carbocycles. The molecule has 1 spiro atoms. The zero-order valence-corrected chi connectivity index (χ0v) is 12.6. The smallest absolute Gasteiger partial charge is 0.0555 e. The Morgan fingerprint density at radius 3 is 2.53 bits per heavy atom. The number of rotatable bonds is 3. The number of hydrogen-bond donors (Lipinski definition) is 1. The quantitative estimate of drug-likeness (QED) is 0.846. The number of nitrogens with zero attached hydrogens (tertiary/aromatic N) is 2. The number of aliphatic hydroxyl groups excluding tert-OH is 1. The number of hydrogen-bond acceptors (Lipinski definition) is 3. The zero-order valence-electron chi connectivity index (χ0n) is 12.6. The van der Waals surface area contributed by atoms with Gasteiger partial charge in [-0.05, 0) is 57.5 Å². The largest absolute Gasteiger partial charge is 0.393 e. The fourth-order valence-electron chi connectivity index (χ4n) is 5.03. The van der Waals surface area contributed by atoms with Crippen molar-refractivity contribution in [2.45, 2.75) is 57.1 Å². The van der Waals surface area contributed by atoms with E-state index in [1.165, 1.54) is 51.7 Å². The Kier molecular flexibility index (Phi) is 3.89. The van der Waals surface area contributed by atoms with E-state index in [2.05, 4.69) is 23.9 Å². The summed E-state index contributed by atoms with van der Waals surface area (Å²) in [5.74, 6) is 0.854. The van der Waals surface area contributed by atoms with Crippen LogP contribution in [-0.4, -0.2) is 60.8 Å². The lowest BCUT2D eigenvalue weighted by Crippen LogP contribution is -2.55. The topological polar surface area (TPSA) is 26.7 Å². The second kappa shape index (κ2) is 5.34. The van der Waals surface area contributed by atoms with Gasteiger partial charge in [-0.25, -0.2) is 0 Å². The van der Waals surface area contributed by atoms with Gasteiger partial charge in [0.25, 0.3) is 0 Å². The van der Waals surface area contributed by atoms with Crippen LogP contribution in [0.5, 0.6) is 0 Å². The summed E-state index contributed by atoms with van der Waals surface area (Å²) in [5.41, 5.74) is 0.545. The molecule has 2 aliphatic carbocycles. The average molecular weight is 266 g/mol. The van der Waals surface area contributed by atoms with E-state index in [1.807, 2.05) is 0 Å². The van der Waals surface area contributed by atoms with Crippen LogP contribution in [0.15, 0.2) is 0 Å². The molecule has 0 aromatic rings. The van der Waals surface area contributed by atoms with E-state index in [1.54, 1.807) is 0 Å². The van der Waals surface area contributed by atoms with Gasteiger partial charge in [-0.3, -0.25) is 0 Å². The normalized spacial score (nSPS) is 36.0. The molecular formula is C16H30N2O. The minimum Gasteiger partial charge on any atom is -0.393 e. The van der Waals surface area contributed by atoms with Crippen molar-refractivity contribution in [3.8, 4) is 0 Å². The number of likely N-dealkylation sites (tertiary alicyclic amines) is 1. The summed E-state index contributed by atoms with van der Waals surface area (Å²) in [6.07, 6.45) is 8.88. The molecule has 2 unspecified atom stereocenters.